The van der Waals surface area contributed by atoms with Crippen molar-refractivity contribution in [2.45, 2.75) is 39.2 Å². The van der Waals surface area contributed by atoms with Crippen LogP contribution in [0.5, 0.6) is 0 Å². The first-order chi connectivity index (χ1) is 10.7. The molecular weight excluding hydrogens is 278 g/mol. The van der Waals surface area contributed by atoms with Gasteiger partial charge in [-0.2, -0.15) is 0 Å². The zero-order chi connectivity index (χ0) is 15.5. The Morgan fingerprint density at radius 1 is 1.27 bits per heavy atom. The van der Waals surface area contributed by atoms with Crippen molar-refractivity contribution >= 4 is 5.91 Å². The minimum atomic E-state index is -0.0470. The van der Waals surface area contributed by atoms with Crippen molar-refractivity contribution in [3.8, 4) is 5.69 Å². The molecule has 0 saturated heterocycles. The highest BCUT2D eigenvalue weighted by Gasteiger charge is 2.25. The lowest BCUT2D eigenvalue weighted by Gasteiger charge is -2.26. The Hall–Kier alpha value is -2.30. The zero-order valence-corrected chi connectivity index (χ0v) is 12.8. The summed E-state index contributed by atoms with van der Waals surface area (Å²) in [4.78, 5) is 26.6. The molecule has 0 saturated carbocycles. The summed E-state index contributed by atoms with van der Waals surface area (Å²) >= 11 is 0. The third-order valence-corrected chi connectivity index (χ3v) is 4.16. The smallest absolute Gasteiger partial charge is 0.276 e. The molecule has 2 heterocycles. The lowest BCUT2D eigenvalue weighted by atomic mass is 10.1. The number of para-hydroxylation sites is 1. The largest absolute Gasteiger partial charge is 0.338 e. The molecule has 1 aromatic carbocycles. The van der Waals surface area contributed by atoms with E-state index in [0.29, 0.717) is 25.9 Å². The summed E-state index contributed by atoms with van der Waals surface area (Å²) in [6.45, 7) is 3.18. The molecule has 1 amide bonds. The van der Waals surface area contributed by atoms with Gasteiger partial charge < -0.3 is 4.90 Å². The Kier molecular flexibility index (Phi) is 4.13. The molecular formula is C17H21N3O2. The van der Waals surface area contributed by atoms with Gasteiger partial charge in [0, 0.05) is 25.1 Å². The summed E-state index contributed by atoms with van der Waals surface area (Å²) in [7, 11) is 0. The van der Waals surface area contributed by atoms with Gasteiger partial charge in [0.2, 0.25) is 5.91 Å². The van der Waals surface area contributed by atoms with Gasteiger partial charge in [-0.3, -0.25) is 14.7 Å². The molecule has 0 atom stereocenters. The van der Waals surface area contributed by atoms with E-state index in [2.05, 4.69) is 12.0 Å². The van der Waals surface area contributed by atoms with E-state index in [9.17, 15) is 9.59 Å². The Morgan fingerprint density at radius 2 is 2.05 bits per heavy atom. The Balaban J connectivity index is 1.85. The number of rotatable bonds is 4. The van der Waals surface area contributed by atoms with E-state index in [-0.39, 0.29) is 11.5 Å². The van der Waals surface area contributed by atoms with Crippen molar-refractivity contribution in [1.29, 1.82) is 0 Å². The van der Waals surface area contributed by atoms with Crippen LogP contribution in [0.4, 0.5) is 0 Å². The molecule has 0 spiro atoms. The van der Waals surface area contributed by atoms with Crippen LogP contribution < -0.4 is 5.56 Å². The summed E-state index contributed by atoms with van der Waals surface area (Å²) < 4.78 is 1.57. The molecule has 0 unspecified atom stereocenters. The molecule has 1 aliphatic heterocycles. The first-order valence-corrected chi connectivity index (χ1v) is 7.86. The number of aromatic amines is 1. The maximum atomic E-state index is 12.6. The van der Waals surface area contributed by atoms with Crippen molar-refractivity contribution in [3.05, 3.63) is 51.9 Å². The Morgan fingerprint density at radius 3 is 2.77 bits per heavy atom. The van der Waals surface area contributed by atoms with Crippen LogP contribution in [0.1, 0.15) is 37.4 Å². The van der Waals surface area contributed by atoms with Crippen molar-refractivity contribution in [2.24, 2.45) is 0 Å². The van der Waals surface area contributed by atoms with Crippen molar-refractivity contribution in [2.75, 3.05) is 6.54 Å². The number of nitrogens with zero attached hydrogens (tertiary/aromatic N) is 2. The van der Waals surface area contributed by atoms with E-state index in [1.54, 1.807) is 4.68 Å². The number of nitrogens with one attached hydrogen (secondary N) is 1. The Bertz CT molecular complexity index is 715. The standard InChI is InChI=1S/C17H21N3O2/c1-2-3-9-16(21)19-11-10-15-14(12-19)17(22)20(18-15)13-7-5-4-6-8-13/h4-8,18H,2-3,9-12H2,1H3. The molecule has 0 fully saturated rings. The molecule has 2 aromatic rings. The van der Waals surface area contributed by atoms with Gasteiger partial charge in [-0.15, -0.1) is 0 Å². The third kappa shape index (κ3) is 2.71. The predicted octanol–water partition coefficient (Wildman–Crippen LogP) is 2.24. The van der Waals surface area contributed by atoms with Crippen LogP contribution in [-0.4, -0.2) is 27.1 Å². The lowest BCUT2D eigenvalue weighted by molar-refractivity contribution is -0.132. The van der Waals surface area contributed by atoms with Crippen LogP contribution in [0.15, 0.2) is 35.1 Å². The Labute approximate surface area is 129 Å². The number of carbonyl (C=O) groups excluding carboxylic acids is 1. The third-order valence-electron chi connectivity index (χ3n) is 4.16. The topological polar surface area (TPSA) is 58.1 Å². The SMILES string of the molecule is CCCCC(=O)N1CCc2[nH]n(-c3ccccc3)c(=O)c2C1. The van der Waals surface area contributed by atoms with Crippen LogP contribution >= 0.6 is 0 Å². The number of carbonyl (C=O) groups is 1. The van der Waals surface area contributed by atoms with Crippen molar-refractivity contribution < 1.29 is 4.79 Å². The zero-order valence-electron chi connectivity index (χ0n) is 12.8. The molecule has 1 N–H and O–H groups in total. The minimum Gasteiger partial charge on any atom is -0.338 e. The predicted molar refractivity (Wildman–Crippen MR) is 85.0 cm³/mol. The number of benzene rings is 1. The highest BCUT2D eigenvalue weighted by Crippen LogP contribution is 2.17. The van der Waals surface area contributed by atoms with Crippen LogP contribution in [0.3, 0.4) is 0 Å². The average molecular weight is 299 g/mol. The highest BCUT2D eigenvalue weighted by molar-refractivity contribution is 5.76. The molecule has 1 aliphatic rings. The number of hydrogen-bond donors (Lipinski definition) is 1. The maximum Gasteiger partial charge on any atom is 0.276 e. The molecule has 0 aliphatic carbocycles. The summed E-state index contributed by atoms with van der Waals surface area (Å²) in [5.41, 5.74) is 2.45. The number of hydrogen-bond acceptors (Lipinski definition) is 2. The van der Waals surface area contributed by atoms with E-state index < -0.39 is 0 Å². The van der Waals surface area contributed by atoms with Crippen LogP contribution in [0, 0.1) is 0 Å². The first kappa shape index (κ1) is 14.6. The maximum absolute atomic E-state index is 12.6. The van der Waals surface area contributed by atoms with E-state index in [1.807, 2.05) is 35.2 Å². The summed E-state index contributed by atoms with van der Waals surface area (Å²) in [6.07, 6.45) is 3.20. The van der Waals surface area contributed by atoms with E-state index in [4.69, 9.17) is 0 Å². The van der Waals surface area contributed by atoms with Gasteiger partial charge in [0.05, 0.1) is 17.8 Å². The van der Waals surface area contributed by atoms with Crippen molar-refractivity contribution in [3.63, 3.8) is 0 Å². The van der Waals surface area contributed by atoms with Gasteiger partial charge in [-0.05, 0) is 18.6 Å². The number of H-pyrrole nitrogens is 1. The summed E-state index contributed by atoms with van der Waals surface area (Å²) in [5.74, 6) is 0.152. The molecule has 3 rings (SSSR count). The molecule has 116 valence electrons. The van der Waals surface area contributed by atoms with Gasteiger partial charge in [-0.1, -0.05) is 31.5 Å². The van der Waals surface area contributed by atoms with Crippen molar-refractivity contribution in [1.82, 2.24) is 14.7 Å². The second-order valence-electron chi connectivity index (χ2n) is 5.71. The second kappa shape index (κ2) is 6.22. The first-order valence-electron chi connectivity index (χ1n) is 7.86. The number of amides is 1. The van der Waals surface area contributed by atoms with Gasteiger partial charge in [-0.25, -0.2) is 4.68 Å². The quantitative estimate of drug-likeness (QED) is 0.941. The summed E-state index contributed by atoms with van der Waals surface area (Å²) in [5, 5.41) is 3.19. The second-order valence-corrected chi connectivity index (χ2v) is 5.71. The van der Waals surface area contributed by atoms with Crippen LogP contribution in [-0.2, 0) is 17.8 Å². The highest BCUT2D eigenvalue weighted by atomic mass is 16.2. The van der Waals surface area contributed by atoms with Crippen LogP contribution in [0.2, 0.25) is 0 Å². The van der Waals surface area contributed by atoms with Gasteiger partial charge in [0.1, 0.15) is 0 Å². The molecule has 5 heteroatoms. The van der Waals surface area contributed by atoms with Gasteiger partial charge in [0.25, 0.3) is 5.56 Å². The number of fused-ring (bicyclic) bond motifs is 1. The number of aromatic nitrogens is 2. The average Bonchev–Trinajstić information content (AvgIpc) is 2.90. The van der Waals surface area contributed by atoms with E-state index in [1.165, 1.54) is 0 Å². The molecule has 22 heavy (non-hydrogen) atoms. The normalized spacial score (nSPS) is 14.0. The number of unbranched alkanes of at least 4 members (excludes halogenated alkanes) is 1. The molecule has 0 bridgehead atoms. The minimum absolute atomic E-state index is 0.0470. The van der Waals surface area contributed by atoms with Gasteiger partial charge in [0.15, 0.2) is 0 Å². The summed E-state index contributed by atoms with van der Waals surface area (Å²) in [6, 6.07) is 9.52. The van der Waals surface area contributed by atoms with Gasteiger partial charge >= 0.3 is 0 Å². The fourth-order valence-corrected chi connectivity index (χ4v) is 2.86. The molecule has 5 nitrogen and oxygen atoms in total. The fraction of sp³-hybridized carbons (Fsp3) is 0.412. The molecule has 0 radical (unpaired) electrons. The van der Waals surface area contributed by atoms with Crippen LogP contribution in [0.25, 0.3) is 5.69 Å². The van der Waals surface area contributed by atoms with E-state index >= 15 is 0 Å². The van der Waals surface area contributed by atoms with E-state index in [0.717, 1.165) is 29.8 Å². The monoisotopic (exact) mass is 299 g/mol. The molecule has 1 aromatic heterocycles. The fourth-order valence-electron chi connectivity index (χ4n) is 2.86. The lowest BCUT2D eigenvalue weighted by Crippen LogP contribution is -2.37.